The fourth-order valence-corrected chi connectivity index (χ4v) is 3.76. The van der Waals surface area contributed by atoms with Crippen LogP contribution in [0.15, 0.2) is 42.0 Å². The van der Waals surface area contributed by atoms with Gasteiger partial charge in [0.15, 0.2) is 6.04 Å². The normalized spacial score (nSPS) is 18.4. The van der Waals surface area contributed by atoms with Gasteiger partial charge >= 0.3 is 12.1 Å². The molecule has 6 nitrogen and oxygen atoms in total. The third-order valence-corrected chi connectivity index (χ3v) is 5.34. The van der Waals surface area contributed by atoms with Gasteiger partial charge in [-0.3, -0.25) is 0 Å². The summed E-state index contributed by atoms with van der Waals surface area (Å²) in [7, 11) is 0. The minimum absolute atomic E-state index is 0.0194. The van der Waals surface area contributed by atoms with Crippen LogP contribution < -0.4 is 5.32 Å². The standard InChI is InChI=1S/C23H29NO5/c1-15(2)11-12-28-14-21(22(25)26)24-23(27)29-13-20-18-9-5-3-7-16(18)17-8-4-6-10-19(17)20/h3,5-7,9-10,15,20-21H,4,8,11-14H2,1-2H3,(H,24,27)(H,25,26)/t20?,21-/m0/s1. The van der Waals surface area contributed by atoms with Crippen LogP contribution in [-0.2, 0) is 14.3 Å². The molecule has 2 N–H and O–H groups in total. The van der Waals surface area contributed by atoms with E-state index in [0.29, 0.717) is 12.5 Å². The molecule has 29 heavy (non-hydrogen) atoms. The van der Waals surface area contributed by atoms with Crippen molar-refractivity contribution in [1.29, 1.82) is 0 Å². The molecule has 6 heteroatoms. The Hall–Kier alpha value is -2.60. The van der Waals surface area contributed by atoms with Gasteiger partial charge in [0.1, 0.15) is 6.61 Å². The van der Waals surface area contributed by atoms with Crippen molar-refractivity contribution in [2.75, 3.05) is 19.8 Å². The smallest absolute Gasteiger partial charge is 0.407 e. The summed E-state index contributed by atoms with van der Waals surface area (Å²) in [5.41, 5.74) is 4.89. The number of benzene rings is 1. The zero-order valence-corrected chi connectivity index (χ0v) is 17.0. The molecule has 0 radical (unpaired) electrons. The number of hydrogen-bond acceptors (Lipinski definition) is 4. The van der Waals surface area contributed by atoms with Gasteiger partial charge in [-0.05, 0) is 47.5 Å². The number of rotatable bonds is 9. The van der Waals surface area contributed by atoms with E-state index in [2.05, 4.69) is 43.4 Å². The molecule has 2 atom stereocenters. The molecule has 0 heterocycles. The average Bonchev–Trinajstić information content (AvgIpc) is 3.02. The number of allylic oxidation sites excluding steroid dienone is 3. The Balaban J connectivity index is 1.56. The van der Waals surface area contributed by atoms with Crippen molar-refractivity contribution in [3.8, 4) is 0 Å². The largest absolute Gasteiger partial charge is 0.480 e. The lowest BCUT2D eigenvalue weighted by Crippen LogP contribution is -2.44. The fourth-order valence-electron chi connectivity index (χ4n) is 3.76. The zero-order chi connectivity index (χ0) is 20.8. The fraction of sp³-hybridized carbons (Fsp3) is 0.478. The number of carbonyl (C=O) groups excluding carboxylic acids is 1. The van der Waals surface area contributed by atoms with Crippen LogP contribution in [0.25, 0.3) is 5.57 Å². The highest BCUT2D eigenvalue weighted by atomic mass is 16.5. The summed E-state index contributed by atoms with van der Waals surface area (Å²) in [6.45, 7) is 4.68. The quantitative estimate of drug-likeness (QED) is 0.610. The van der Waals surface area contributed by atoms with E-state index in [1.165, 1.54) is 16.7 Å². The molecule has 0 fully saturated rings. The predicted octanol–water partition coefficient (Wildman–Crippen LogP) is 4.13. The maximum Gasteiger partial charge on any atom is 0.407 e. The Morgan fingerprint density at radius 3 is 2.83 bits per heavy atom. The van der Waals surface area contributed by atoms with Crippen LogP contribution in [0.1, 0.15) is 50.2 Å². The van der Waals surface area contributed by atoms with Crippen LogP contribution in [-0.4, -0.2) is 43.0 Å². The number of alkyl carbamates (subject to hydrolysis) is 1. The summed E-state index contributed by atoms with van der Waals surface area (Å²) in [5, 5.41) is 11.7. The van der Waals surface area contributed by atoms with Gasteiger partial charge in [0.2, 0.25) is 0 Å². The van der Waals surface area contributed by atoms with Crippen molar-refractivity contribution in [2.24, 2.45) is 5.92 Å². The minimum Gasteiger partial charge on any atom is -0.480 e. The first-order valence-electron chi connectivity index (χ1n) is 10.2. The maximum atomic E-state index is 12.2. The predicted molar refractivity (Wildman–Crippen MR) is 111 cm³/mol. The van der Waals surface area contributed by atoms with Gasteiger partial charge in [0.25, 0.3) is 0 Å². The lowest BCUT2D eigenvalue weighted by atomic mass is 9.93. The number of carboxylic acids is 1. The van der Waals surface area contributed by atoms with E-state index in [0.717, 1.165) is 24.8 Å². The second-order valence-electron chi connectivity index (χ2n) is 7.91. The van der Waals surface area contributed by atoms with Gasteiger partial charge in [-0.1, -0.05) is 50.3 Å². The van der Waals surface area contributed by atoms with Crippen molar-refractivity contribution in [1.82, 2.24) is 5.32 Å². The lowest BCUT2D eigenvalue weighted by molar-refractivity contribution is -0.141. The average molecular weight is 399 g/mol. The van der Waals surface area contributed by atoms with Crippen LogP contribution in [0.5, 0.6) is 0 Å². The third-order valence-electron chi connectivity index (χ3n) is 5.34. The number of nitrogens with one attached hydrogen (secondary N) is 1. The summed E-state index contributed by atoms with van der Waals surface area (Å²) < 4.78 is 10.8. The van der Waals surface area contributed by atoms with E-state index in [9.17, 15) is 14.7 Å². The molecule has 2 aliphatic carbocycles. The molecule has 2 aliphatic rings. The van der Waals surface area contributed by atoms with Gasteiger partial charge in [0.05, 0.1) is 6.61 Å². The lowest BCUT2D eigenvalue weighted by Gasteiger charge is -2.19. The minimum atomic E-state index is -1.14. The van der Waals surface area contributed by atoms with Crippen LogP contribution >= 0.6 is 0 Å². The Kier molecular flexibility index (Phi) is 7.09. The molecule has 0 saturated carbocycles. The summed E-state index contributed by atoms with van der Waals surface area (Å²) in [4.78, 5) is 23.6. The van der Waals surface area contributed by atoms with Gasteiger partial charge in [-0.2, -0.15) is 0 Å². The number of aliphatic carboxylic acids is 1. The molecular formula is C23H29NO5. The van der Waals surface area contributed by atoms with Crippen molar-refractivity contribution in [3.63, 3.8) is 0 Å². The zero-order valence-electron chi connectivity index (χ0n) is 17.0. The SMILES string of the molecule is CC(C)CCOC[C@H](NC(=O)OCC1C2=C(CCC=C2)c2ccccc21)C(=O)O. The third kappa shape index (κ3) is 5.26. The second-order valence-corrected chi connectivity index (χ2v) is 7.91. The number of fused-ring (bicyclic) bond motifs is 2. The van der Waals surface area contributed by atoms with Gasteiger partial charge in [-0.15, -0.1) is 0 Å². The molecule has 1 unspecified atom stereocenters. The number of amides is 1. The Bertz CT molecular complexity index is 811. The number of carboxylic acid groups (broad SMARTS) is 1. The molecule has 0 aliphatic heterocycles. The van der Waals surface area contributed by atoms with Crippen LogP contribution in [0.3, 0.4) is 0 Å². The molecule has 3 rings (SSSR count). The Labute approximate surface area is 171 Å². The van der Waals surface area contributed by atoms with E-state index in [-0.39, 0.29) is 19.1 Å². The highest BCUT2D eigenvalue weighted by molar-refractivity contribution is 5.82. The Morgan fingerprint density at radius 2 is 2.07 bits per heavy atom. The summed E-state index contributed by atoms with van der Waals surface area (Å²) in [6, 6.07) is 7.06. The molecular weight excluding hydrogens is 370 g/mol. The van der Waals surface area contributed by atoms with Gasteiger partial charge < -0.3 is 19.9 Å². The molecule has 0 bridgehead atoms. The van der Waals surface area contributed by atoms with Crippen molar-refractivity contribution in [2.45, 2.75) is 45.1 Å². The highest BCUT2D eigenvalue weighted by Crippen LogP contribution is 2.46. The van der Waals surface area contributed by atoms with Gasteiger partial charge in [0, 0.05) is 12.5 Å². The number of carbonyl (C=O) groups is 2. The van der Waals surface area contributed by atoms with Crippen LogP contribution in [0.2, 0.25) is 0 Å². The van der Waals surface area contributed by atoms with Crippen LogP contribution in [0.4, 0.5) is 4.79 Å². The van der Waals surface area contributed by atoms with E-state index >= 15 is 0 Å². The van der Waals surface area contributed by atoms with E-state index < -0.39 is 18.1 Å². The maximum absolute atomic E-state index is 12.2. The summed E-state index contributed by atoms with van der Waals surface area (Å²) in [5.74, 6) is -0.689. The van der Waals surface area contributed by atoms with E-state index in [4.69, 9.17) is 9.47 Å². The Morgan fingerprint density at radius 1 is 1.28 bits per heavy atom. The van der Waals surface area contributed by atoms with Gasteiger partial charge in [-0.25, -0.2) is 9.59 Å². The molecule has 1 amide bonds. The highest BCUT2D eigenvalue weighted by Gasteiger charge is 2.31. The first kappa shape index (κ1) is 21.1. The second kappa shape index (κ2) is 9.74. The molecule has 156 valence electrons. The van der Waals surface area contributed by atoms with Crippen molar-refractivity contribution < 1.29 is 24.2 Å². The molecule has 0 saturated heterocycles. The molecule has 0 aromatic heterocycles. The van der Waals surface area contributed by atoms with Crippen molar-refractivity contribution >= 4 is 17.6 Å². The molecule has 1 aromatic carbocycles. The molecule has 0 spiro atoms. The first-order valence-corrected chi connectivity index (χ1v) is 10.2. The van der Waals surface area contributed by atoms with E-state index in [1.807, 2.05) is 12.1 Å². The van der Waals surface area contributed by atoms with E-state index in [1.54, 1.807) is 0 Å². The first-order chi connectivity index (χ1) is 14.0. The monoisotopic (exact) mass is 399 g/mol. The summed E-state index contributed by atoms with van der Waals surface area (Å²) in [6.07, 6.45) is 6.36. The number of ether oxygens (including phenoxy) is 2. The number of hydrogen-bond donors (Lipinski definition) is 2. The topological polar surface area (TPSA) is 84.9 Å². The molecule has 1 aromatic rings. The van der Waals surface area contributed by atoms with Crippen LogP contribution in [0, 0.1) is 5.92 Å². The van der Waals surface area contributed by atoms with Crippen molar-refractivity contribution in [3.05, 3.63) is 53.1 Å². The summed E-state index contributed by atoms with van der Waals surface area (Å²) >= 11 is 0.